The number of rotatable bonds is 7. The van der Waals surface area contributed by atoms with Gasteiger partial charge in [-0.15, -0.1) is 0 Å². The number of carbonyl (C=O) groups is 1. The highest BCUT2D eigenvalue weighted by Crippen LogP contribution is 2.23. The lowest BCUT2D eigenvalue weighted by molar-refractivity contribution is -0.117. The van der Waals surface area contributed by atoms with Crippen molar-refractivity contribution in [3.05, 3.63) is 96.5 Å². The molecule has 0 spiro atoms. The maximum absolute atomic E-state index is 12.7. The molecule has 9 nitrogen and oxygen atoms in total. The molecule has 4 heterocycles. The molecule has 0 atom stereocenters. The van der Waals surface area contributed by atoms with E-state index < -0.39 is 0 Å². The van der Waals surface area contributed by atoms with Crippen molar-refractivity contribution in [3.8, 4) is 28.5 Å². The molecule has 0 aliphatic carbocycles. The first-order valence-electron chi connectivity index (χ1n) is 11.5. The van der Waals surface area contributed by atoms with E-state index in [1.54, 1.807) is 6.33 Å². The van der Waals surface area contributed by atoms with Crippen molar-refractivity contribution in [2.75, 3.05) is 0 Å². The van der Waals surface area contributed by atoms with Crippen LogP contribution in [0.25, 0.3) is 39.6 Å². The molecule has 0 aliphatic rings. The van der Waals surface area contributed by atoms with Gasteiger partial charge in [0.15, 0.2) is 11.5 Å². The second-order valence-corrected chi connectivity index (χ2v) is 8.64. The highest BCUT2D eigenvalue weighted by Gasteiger charge is 2.14. The minimum atomic E-state index is 0.116. The van der Waals surface area contributed by atoms with Crippen molar-refractivity contribution in [2.24, 2.45) is 0 Å². The topological polar surface area (TPSA) is 118 Å². The quantitative estimate of drug-likeness (QED) is 0.357. The number of Topliss-reactive ketones (excluding diaryl/α,β-unsaturated/α-hetero) is 1. The maximum atomic E-state index is 12.7. The summed E-state index contributed by atoms with van der Waals surface area (Å²) in [5.74, 6) is 1.49. The van der Waals surface area contributed by atoms with Crippen LogP contribution in [0, 0.1) is 6.92 Å². The maximum Gasteiger partial charge on any atom is 0.183 e. The molecule has 0 saturated heterocycles. The fourth-order valence-electron chi connectivity index (χ4n) is 4.18. The molecule has 0 aliphatic heterocycles. The number of imidazole rings is 2. The molecular weight excluding hydrogens is 452 g/mol. The number of aromatic nitrogens is 8. The first-order chi connectivity index (χ1) is 17.6. The predicted octanol–water partition coefficient (Wildman–Crippen LogP) is 4.26. The Bertz CT molecular complexity index is 1660. The Morgan fingerprint density at radius 2 is 1.78 bits per heavy atom. The number of nitrogens with zero attached hydrogens (tertiary/aromatic N) is 6. The van der Waals surface area contributed by atoms with Crippen molar-refractivity contribution < 1.29 is 4.79 Å². The number of fused-ring (bicyclic) bond motifs is 1. The first kappa shape index (κ1) is 21.6. The molecular formula is C27H22N8O. The van der Waals surface area contributed by atoms with E-state index in [0.717, 1.165) is 39.3 Å². The number of H-pyrrole nitrogens is 2. The fourth-order valence-corrected chi connectivity index (χ4v) is 4.18. The largest absolute Gasteiger partial charge is 0.334 e. The highest BCUT2D eigenvalue weighted by atomic mass is 16.1. The summed E-state index contributed by atoms with van der Waals surface area (Å²) in [6.07, 6.45) is 5.76. The number of nitrogens with one attached hydrogen (secondary N) is 2. The van der Waals surface area contributed by atoms with Crippen LogP contribution in [0.3, 0.4) is 0 Å². The Kier molecular flexibility index (Phi) is 5.42. The molecule has 36 heavy (non-hydrogen) atoms. The molecule has 2 N–H and O–H groups in total. The summed E-state index contributed by atoms with van der Waals surface area (Å²) in [5.41, 5.74) is 6.72. The number of carbonyl (C=O) groups excluding carboxylic acids is 1. The summed E-state index contributed by atoms with van der Waals surface area (Å²) in [6.45, 7) is 1.93. The van der Waals surface area contributed by atoms with Gasteiger partial charge in [0.25, 0.3) is 0 Å². The van der Waals surface area contributed by atoms with Gasteiger partial charge in [0.2, 0.25) is 0 Å². The number of benzene rings is 2. The van der Waals surface area contributed by atoms with Crippen LogP contribution in [-0.2, 0) is 17.6 Å². The summed E-state index contributed by atoms with van der Waals surface area (Å²) >= 11 is 0. The Balaban J connectivity index is 1.16. The van der Waals surface area contributed by atoms with Crippen LogP contribution in [0.1, 0.15) is 17.0 Å². The van der Waals surface area contributed by atoms with Crippen molar-refractivity contribution >= 4 is 16.9 Å². The summed E-state index contributed by atoms with van der Waals surface area (Å²) in [5, 5.41) is 7.32. The summed E-state index contributed by atoms with van der Waals surface area (Å²) < 4.78 is 1.85. The van der Waals surface area contributed by atoms with Gasteiger partial charge in [0.1, 0.15) is 29.8 Å². The van der Waals surface area contributed by atoms with Crippen molar-refractivity contribution in [2.45, 2.75) is 19.8 Å². The van der Waals surface area contributed by atoms with E-state index in [4.69, 9.17) is 0 Å². The third-order valence-corrected chi connectivity index (χ3v) is 5.94. The van der Waals surface area contributed by atoms with Gasteiger partial charge in [0, 0.05) is 35.9 Å². The average Bonchev–Trinajstić information content (AvgIpc) is 3.64. The van der Waals surface area contributed by atoms with Crippen LogP contribution >= 0.6 is 0 Å². The minimum Gasteiger partial charge on any atom is -0.334 e. The van der Waals surface area contributed by atoms with Crippen LogP contribution in [-0.4, -0.2) is 45.5 Å². The lowest BCUT2D eigenvalue weighted by atomic mass is 10.0. The molecule has 6 rings (SSSR count). The van der Waals surface area contributed by atoms with Crippen LogP contribution in [0.5, 0.6) is 0 Å². The van der Waals surface area contributed by atoms with E-state index in [-0.39, 0.29) is 5.78 Å². The molecule has 0 saturated carbocycles. The van der Waals surface area contributed by atoms with Gasteiger partial charge in [-0.2, -0.15) is 5.10 Å². The monoisotopic (exact) mass is 474 g/mol. The van der Waals surface area contributed by atoms with Gasteiger partial charge < -0.3 is 4.98 Å². The first-order valence-corrected chi connectivity index (χ1v) is 11.5. The van der Waals surface area contributed by atoms with Crippen LogP contribution in [0.4, 0.5) is 0 Å². The van der Waals surface area contributed by atoms with Gasteiger partial charge >= 0.3 is 0 Å². The third-order valence-electron chi connectivity index (χ3n) is 5.94. The standard InChI is InChI=1S/C27H22N8O/c1-17-14-35(16-30-17)27-24-26(28-15-29-27)32-25(31-24)20-9-7-18(8-10-20)11-22(36)12-21-13-23(34-33-21)19-5-3-2-4-6-19/h2-10,13-16H,11-12H2,1H3,(H,33,34)(H,28,29,31,32). The van der Waals surface area contributed by atoms with Gasteiger partial charge in [-0.3, -0.25) is 14.5 Å². The second-order valence-electron chi connectivity index (χ2n) is 8.64. The van der Waals surface area contributed by atoms with E-state index >= 15 is 0 Å². The summed E-state index contributed by atoms with van der Waals surface area (Å²) in [7, 11) is 0. The van der Waals surface area contributed by atoms with Crippen LogP contribution in [0.15, 0.2) is 79.5 Å². The molecule has 0 unspecified atom stereocenters. The van der Waals surface area contributed by atoms with E-state index in [1.165, 1.54) is 6.33 Å². The SMILES string of the molecule is Cc1cn(-c2ncnc3nc(-c4ccc(CC(=O)Cc5cc(-c6ccccc6)n[nH]5)cc4)[nH]c23)cn1. The Morgan fingerprint density at radius 1 is 0.944 bits per heavy atom. The number of hydrogen-bond donors (Lipinski definition) is 2. The van der Waals surface area contributed by atoms with E-state index in [2.05, 4.69) is 35.1 Å². The Morgan fingerprint density at radius 3 is 2.56 bits per heavy atom. The zero-order chi connectivity index (χ0) is 24.5. The van der Waals surface area contributed by atoms with E-state index in [1.807, 2.05) is 78.4 Å². The zero-order valence-corrected chi connectivity index (χ0v) is 19.5. The van der Waals surface area contributed by atoms with Crippen molar-refractivity contribution in [3.63, 3.8) is 0 Å². The Hall–Kier alpha value is -4.92. The summed E-state index contributed by atoms with van der Waals surface area (Å²) in [6, 6.07) is 19.6. The van der Waals surface area contributed by atoms with Gasteiger partial charge in [0.05, 0.1) is 11.4 Å². The van der Waals surface area contributed by atoms with Crippen molar-refractivity contribution in [1.82, 2.24) is 39.7 Å². The molecule has 0 radical (unpaired) electrons. The normalized spacial score (nSPS) is 11.2. The smallest absolute Gasteiger partial charge is 0.183 e. The summed E-state index contributed by atoms with van der Waals surface area (Å²) in [4.78, 5) is 33.6. The average molecular weight is 475 g/mol. The number of aromatic amines is 2. The van der Waals surface area contributed by atoms with Gasteiger partial charge in [-0.25, -0.2) is 19.9 Å². The Labute approximate surface area is 206 Å². The van der Waals surface area contributed by atoms with Crippen LogP contribution < -0.4 is 0 Å². The third kappa shape index (κ3) is 4.29. The molecule has 2 aromatic carbocycles. The molecule has 6 aromatic rings. The van der Waals surface area contributed by atoms with Crippen LogP contribution in [0.2, 0.25) is 0 Å². The molecule has 4 aromatic heterocycles. The molecule has 0 amide bonds. The molecule has 0 bridgehead atoms. The fraction of sp³-hybridized carbons (Fsp3) is 0.111. The highest BCUT2D eigenvalue weighted by molar-refractivity contribution is 5.84. The predicted molar refractivity (Wildman–Crippen MR) is 135 cm³/mol. The lowest BCUT2D eigenvalue weighted by Crippen LogP contribution is -2.06. The zero-order valence-electron chi connectivity index (χ0n) is 19.5. The number of ketones is 1. The van der Waals surface area contributed by atoms with Crippen molar-refractivity contribution in [1.29, 1.82) is 0 Å². The molecule has 9 heteroatoms. The molecule has 0 fully saturated rings. The number of aryl methyl sites for hydroxylation is 1. The van der Waals surface area contributed by atoms with Gasteiger partial charge in [-0.1, -0.05) is 54.6 Å². The van der Waals surface area contributed by atoms with Gasteiger partial charge in [-0.05, 0) is 18.6 Å². The van der Waals surface area contributed by atoms with E-state index in [0.29, 0.717) is 30.1 Å². The number of hydrogen-bond acceptors (Lipinski definition) is 6. The van der Waals surface area contributed by atoms with E-state index in [9.17, 15) is 4.79 Å². The molecule has 176 valence electrons. The lowest BCUT2D eigenvalue weighted by Gasteiger charge is -2.02. The second kappa shape index (κ2) is 9.03. The minimum absolute atomic E-state index is 0.116.